The minimum atomic E-state index is -3.43. The molecule has 1 N–H and O–H groups in total. The van der Waals surface area contributed by atoms with Crippen LogP contribution in [-0.2, 0) is 10.0 Å². The van der Waals surface area contributed by atoms with Crippen molar-refractivity contribution in [3.05, 3.63) is 58.6 Å². The molecule has 2 aromatic rings. The van der Waals surface area contributed by atoms with E-state index < -0.39 is 10.0 Å². The summed E-state index contributed by atoms with van der Waals surface area (Å²) in [5, 5.41) is 2.77. The van der Waals surface area contributed by atoms with Gasteiger partial charge in [0, 0.05) is 23.2 Å². The number of amides is 1. The van der Waals surface area contributed by atoms with Crippen LogP contribution in [0.4, 0.5) is 5.69 Å². The molecule has 0 bridgehead atoms. The number of carbonyl (C=O) groups is 1. The average Bonchev–Trinajstić information content (AvgIpc) is 3.11. The van der Waals surface area contributed by atoms with Gasteiger partial charge < -0.3 is 5.32 Å². The summed E-state index contributed by atoms with van der Waals surface area (Å²) in [6.07, 6.45) is 1.80. The van der Waals surface area contributed by atoms with E-state index in [0.717, 1.165) is 12.8 Å². The third kappa shape index (κ3) is 3.53. The second kappa shape index (κ2) is 7.04. The number of hydrogen-bond donors (Lipinski definition) is 1. The maximum absolute atomic E-state index is 12.5. The van der Waals surface area contributed by atoms with Crippen LogP contribution in [0.3, 0.4) is 0 Å². The molecule has 24 heavy (non-hydrogen) atoms. The number of hydrogen-bond acceptors (Lipinski definition) is 3. The van der Waals surface area contributed by atoms with Crippen LogP contribution in [0.2, 0.25) is 0 Å². The van der Waals surface area contributed by atoms with Crippen molar-refractivity contribution in [2.24, 2.45) is 0 Å². The second-order valence-electron chi connectivity index (χ2n) is 5.57. The second-order valence-corrected chi connectivity index (χ2v) is 8.36. The van der Waals surface area contributed by atoms with E-state index in [9.17, 15) is 13.2 Å². The number of halogens is 1. The Kier molecular flexibility index (Phi) is 5.03. The molecular weight excluding hydrogens is 392 g/mol. The van der Waals surface area contributed by atoms with Crippen molar-refractivity contribution in [1.82, 2.24) is 4.31 Å². The zero-order chi connectivity index (χ0) is 17.2. The first-order valence-electron chi connectivity index (χ1n) is 7.64. The van der Waals surface area contributed by atoms with Gasteiger partial charge >= 0.3 is 0 Å². The normalized spacial score (nSPS) is 15.4. The molecule has 1 fully saturated rings. The molecular formula is C17H17BrN2O3S. The van der Waals surface area contributed by atoms with Gasteiger partial charge in [-0.3, -0.25) is 4.79 Å². The summed E-state index contributed by atoms with van der Waals surface area (Å²) in [5.74, 6) is -0.252. The van der Waals surface area contributed by atoms with Crippen LogP contribution in [0, 0.1) is 0 Å². The number of carbonyl (C=O) groups excluding carboxylic acids is 1. The van der Waals surface area contributed by atoms with E-state index in [1.807, 2.05) is 6.07 Å². The molecule has 1 aliphatic heterocycles. The Bertz CT molecular complexity index is 844. The van der Waals surface area contributed by atoms with Gasteiger partial charge in [-0.25, -0.2) is 8.42 Å². The smallest absolute Gasteiger partial charge is 0.256 e. The van der Waals surface area contributed by atoms with Crippen molar-refractivity contribution < 1.29 is 13.2 Å². The van der Waals surface area contributed by atoms with Gasteiger partial charge in [-0.1, -0.05) is 12.1 Å². The average molecular weight is 409 g/mol. The molecule has 3 rings (SSSR count). The fourth-order valence-electron chi connectivity index (χ4n) is 2.63. The Balaban J connectivity index is 1.75. The monoisotopic (exact) mass is 408 g/mol. The number of anilines is 1. The quantitative estimate of drug-likeness (QED) is 0.841. The molecule has 0 atom stereocenters. The Hall–Kier alpha value is -1.70. The topological polar surface area (TPSA) is 66.5 Å². The van der Waals surface area contributed by atoms with Crippen molar-refractivity contribution in [2.75, 3.05) is 18.4 Å². The number of rotatable bonds is 4. The van der Waals surface area contributed by atoms with Crippen LogP contribution < -0.4 is 5.32 Å². The van der Waals surface area contributed by atoms with Crippen LogP contribution >= 0.6 is 15.9 Å². The Morgan fingerprint density at radius 2 is 1.62 bits per heavy atom. The van der Waals surface area contributed by atoms with Crippen molar-refractivity contribution in [2.45, 2.75) is 17.7 Å². The van der Waals surface area contributed by atoms with Crippen molar-refractivity contribution in [1.29, 1.82) is 0 Å². The van der Waals surface area contributed by atoms with Gasteiger partial charge in [0.1, 0.15) is 0 Å². The lowest BCUT2D eigenvalue weighted by Crippen LogP contribution is -2.27. The third-order valence-electron chi connectivity index (χ3n) is 3.93. The molecule has 0 aliphatic carbocycles. The van der Waals surface area contributed by atoms with Gasteiger partial charge in [0.25, 0.3) is 5.91 Å². The predicted molar refractivity (Wildman–Crippen MR) is 96.5 cm³/mol. The van der Waals surface area contributed by atoms with Crippen molar-refractivity contribution >= 4 is 37.5 Å². The molecule has 5 nitrogen and oxygen atoms in total. The molecule has 1 amide bonds. The molecule has 0 spiro atoms. The molecule has 0 aromatic heterocycles. The summed E-state index contributed by atoms with van der Waals surface area (Å²) >= 11 is 3.34. The van der Waals surface area contributed by atoms with E-state index in [-0.39, 0.29) is 10.8 Å². The molecule has 0 radical (unpaired) electrons. The molecule has 0 unspecified atom stereocenters. The molecule has 1 saturated heterocycles. The fraction of sp³-hybridized carbons (Fsp3) is 0.235. The summed E-state index contributed by atoms with van der Waals surface area (Å²) in [5.41, 5.74) is 1.07. The van der Waals surface area contributed by atoms with Crippen LogP contribution in [0.25, 0.3) is 0 Å². The lowest BCUT2D eigenvalue weighted by Gasteiger charge is -2.15. The van der Waals surface area contributed by atoms with Crippen molar-refractivity contribution in [3.8, 4) is 0 Å². The lowest BCUT2D eigenvalue weighted by atomic mass is 10.2. The standard InChI is InChI=1S/C17H17BrN2O3S/c18-16-6-2-1-5-15(16)17(21)19-13-7-9-14(10-8-13)24(22,23)20-11-3-4-12-20/h1-2,5-10H,3-4,11-12H2,(H,19,21). The molecule has 126 valence electrons. The first kappa shape index (κ1) is 17.1. The molecule has 2 aromatic carbocycles. The van der Waals surface area contributed by atoms with E-state index in [2.05, 4.69) is 21.2 Å². The van der Waals surface area contributed by atoms with E-state index in [1.165, 1.54) is 16.4 Å². The Morgan fingerprint density at radius 3 is 2.25 bits per heavy atom. The van der Waals surface area contributed by atoms with Gasteiger partial charge in [0.05, 0.1) is 10.5 Å². The van der Waals surface area contributed by atoms with E-state index in [1.54, 1.807) is 30.3 Å². The minimum absolute atomic E-state index is 0.252. The first-order valence-corrected chi connectivity index (χ1v) is 9.88. The van der Waals surface area contributed by atoms with E-state index in [4.69, 9.17) is 0 Å². The zero-order valence-corrected chi connectivity index (χ0v) is 15.3. The highest BCUT2D eigenvalue weighted by Crippen LogP contribution is 2.23. The summed E-state index contributed by atoms with van der Waals surface area (Å²) in [6, 6.07) is 13.4. The van der Waals surface area contributed by atoms with Gasteiger partial charge in [-0.2, -0.15) is 4.31 Å². The van der Waals surface area contributed by atoms with Gasteiger partial charge in [0.2, 0.25) is 10.0 Å². The summed E-state index contributed by atoms with van der Waals surface area (Å²) < 4.78 is 27.1. The highest BCUT2D eigenvalue weighted by Gasteiger charge is 2.26. The first-order chi connectivity index (χ1) is 11.5. The molecule has 1 aliphatic rings. The number of sulfonamides is 1. The highest BCUT2D eigenvalue weighted by molar-refractivity contribution is 9.10. The van der Waals surface area contributed by atoms with Crippen molar-refractivity contribution in [3.63, 3.8) is 0 Å². The van der Waals surface area contributed by atoms with Crippen LogP contribution in [0.15, 0.2) is 57.9 Å². The summed E-state index contributed by atoms with van der Waals surface area (Å²) in [7, 11) is -3.43. The molecule has 7 heteroatoms. The van der Waals surface area contributed by atoms with Crippen LogP contribution in [-0.4, -0.2) is 31.7 Å². The maximum atomic E-state index is 12.5. The van der Waals surface area contributed by atoms with Crippen LogP contribution in [0.5, 0.6) is 0 Å². The lowest BCUT2D eigenvalue weighted by molar-refractivity contribution is 0.102. The Labute approximate surface area is 149 Å². The molecule has 1 heterocycles. The van der Waals surface area contributed by atoms with Gasteiger partial charge in [-0.05, 0) is 65.2 Å². The van der Waals surface area contributed by atoms with Gasteiger partial charge in [0.15, 0.2) is 0 Å². The summed E-state index contributed by atoms with van der Waals surface area (Å²) in [4.78, 5) is 12.5. The van der Waals surface area contributed by atoms with Crippen LogP contribution in [0.1, 0.15) is 23.2 Å². The SMILES string of the molecule is O=C(Nc1ccc(S(=O)(=O)N2CCCC2)cc1)c1ccccc1Br. The van der Waals surface area contributed by atoms with E-state index >= 15 is 0 Å². The number of nitrogens with one attached hydrogen (secondary N) is 1. The predicted octanol–water partition coefficient (Wildman–Crippen LogP) is 3.49. The summed E-state index contributed by atoms with van der Waals surface area (Å²) in [6.45, 7) is 1.14. The number of nitrogens with zero attached hydrogens (tertiary/aromatic N) is 1. The third-order valence-corrected chi connectivity index (χ3v) is 6.54. The zero-order valence-electron chi connectivity index (χ0n) is 12.9. The number of benzene rings is 2. The minimum Gasteiger partial charge on any atom is -0.322 e. The van der Waals surface area contributed by atoms with Gasteiger partial charge in [-0.15, -0.1) is 0 Å². The maximum Gasteiger partial charge on any atom is 0.256 e. The fourth-order valence-corrected chi connectivity index (χ4v) is 4.61. The highest BCUT2D eigenvalue weighted by atomic mass is 79.9. The largest absolute Gasteiger partial charge is 0.322 e. The Morgan fingerprint density at radius 1 is 1.00 bits per heavy atom. The van der Waals surface area contributed by atoms with E-state index in [0.29, 0.717) is 28.8 Å². The molecule has 0 saturated carbocycles.